The highest BCUT2D eigenvalue weighted by molar-refractivity contribution is 5.80. The molecule has 0 atom stereocenters. The van der Waals surface area contributed by atoms with E-state index in [1.807, 2.05) is 6.07 Å². The van der Waals surface area contributed by atoms with E-state index in [9.17, 15) is 0 Å². The molecule has 2 aromatic rings. The first-order valence-electron chi connectivity index (χ1n) is 10.6. The third kappa shape index (κ3) is 4.99. The van der Waals surface area contributed by atoms with Crippen LogP contribution in [-0.2, 0) is 19.4 Å². The number of benzene rings is 1. The van der Waals surface area contributed by atoms with Gasteiger partial charge in [0.15, 0.2) is 17.5 Å². The van der Waals surface area contributed by atoms with E-state index in [-0.39, 0.29) is 0 Å². The summed E-state index contributed by atoms with van der Waals surface area (Å²) in [5.74, 6) is 3.70. The summed E-state index contributed by atoms with van der Waals surface area (Å²) in [6.07, 6.45) is 6.03. The molecule has 0 saturated carbocycles. The highest BCUT2D eigenvalue weighted by Crippen LogP contribution is 2.30. The van der Waals surface area contributed by atoms with E-state index in [1.54, 1.807) is 6.33 Å². The van der Waals surface area contributed by atoms with Gasteiger partial charge < -0.3 is 24.3 Å². The lowest BCUT2D eigenvalue weighted by Gasteiger charge is -2.22. The van der Waals surface area contributed by atoms with E-state index in [1.165, 1.54) is 18.4 Å². The second-order valence-electron chi connectivity index (χ2n) is 7.35. The number of ether oxygens (including phenoxy) is 2. The van der Waals surface area contributed by atoms with E-state index in [0.29, 0.717) is 13.2 Å². The number of nitrogens with one attached hydrogen (secondary N) is 1. The molecule has 2 aliphatic rings. The minimum absolute atomic E-state index is 0.615. The monoisotopic (exact) mass is 398 g/mol. The minimum atomic E-state index is 0.615. The van der Waals surface area contributed by atoms with Crippen molar-refractivity contribution in [3.05, 3.63) is 35.9 Å². The topological polar surface area (TPSA) is 76.8 Å². The van der Waals surface area contributed by atoms with Gasteiger partial charge in [-0.1, -0.05) is 13.0 Å². The number of rotatable bonds is 7. The Kier molecular flexibility index (Phi) is 6.49. The van der Waals surface area contributed by atoms with Crippen LogP contribution < -0.4 is 14.8 Å². The number of aromatic nitrogens is 3. The average Bonchev–Trinajstić information content (AvgIpc) is 3.44. The molecule has 3 heterocycles. The predicted octanol–water partition coefficient (Wildman–Crippen LogP) is 1.90. The summed E-state index contributed by atoms with van der Waals surface area (Å²) >= 11 is 0. The molecule has 29 heavy (non-hydrogen) atoms. The Labute approximate surface area is 171 Å². The summed E-state index contributed by atoms with van der Waals surface area (Å²) in [7, 11) is 0. The van der Waals surface area contributed by atoms with E-state index in [4.69, 9.17) is 14.5 Å². The van der Waals surface area contributed by atoms with Crippen LogP contribution >= 0.6 is 0 Å². The molecule has 156 valence electrons. The van der Waals surface area contributed by atoms with Crippen molar-refractivity contribution in [1.82, 2.24) is 25.0 Å². The van der Waals surface area contributed by atoms with E-state index in [0.717, 1.165) is 68.8 Å². The van der Waals surface area contributed by atoms with Crippen molar-refractivity contribution in [2.75, 3.05) is 39.4 Å². The Balaban J connectivity index is 1.34. The molecule has 0 radical (unpaired) electrons. The molecule has 1 saturated heterocycles. The van der Waals surface area contributed by atoms with Crippen LogP contribution in [0.5, 0.6) is 11.5 Å². The summed E-state index contributed by atoms with van der Waals surface area (Å²) in [6, 6.07) is 6.17. The quantitative estimate of drug-likeness (QED) is 0.567. The molecule has 1 aromatic carbocycles. The fourth-order valence-corrected chi connectivity index (χ4v) is 3.76. The van der Waals surface area contributed by atoms with Gasteiger partial charge in [-0.2, -0.15) is 0 Å². The Morgan fingerprint density at radius 2 is 2.00 bits per heavy atom. The Morgan fingerprint density at radius 1 is 1.17 bits per heavy atom. The first kappa shape index (κ1) is 19.5. The van der Waals surface area contributed by atoms with Crippen LogP contribution in [0.15, 0.2) is 29.5 Å². The van der Waals surface area contributed by atoms with Gasteiger partial charge in [0.1, 0.15) is 25.4 Å². The lowest BCUT2D eigenvalue weighted by Crippen LogP contribution is -2.41. The van der Waals surface area contributed by atoms with Gasteiger partial charge in [-0.3, -0.25) is 4.99 Å². The molecule has 8 heteroatoms. The third-order valence-electron chi connectivity index (χ3n) is 5.32. The maximum atomic E-state index is 5.69. The summed E-state index contributed by atoms with van der Waals surface area (Å²) < 4.78 is 13.4. The second-order valence-corrected chi connectivity index (χ2v) is 7.35. The first-order chi connectivity index (χ1) is 14.3. The summed E-state index contributed by atoms with van der Waals surface area (Å²) in [5.41, 5.74) is 1.22. The van der Waals surface area contributed by atoms with Crippen LogP contribution in [0.3, 0.4) is 0 Å². The molecule has 0 unspecified atom stereocenters. The van der Waals surface area contributed by atoms with Gasteiger partial charge >= 0.3 is 0 Å². The number of guanidine groups is 1. The van der Waals surface area contributed by atoms with Gasteiger partial charge in [-0.15, -0.1) is 10.2 Å². The number of aryl methyl sites for hydroxylation is 1. The first-order valence-corrected chi connectivity index (χ1v) is 10.6. The summed E-state index contributed by atoms with van der Waals surface area (Å²) in [6.45, 7) is 7.87. The molecule has 0 spiro atoms. The molecule has 1 aromatic heterocycles. The maximum Gasteiger partial charge on any atom is 0.193 e. The molecule has 0 bridgehead atoms. The Hall–Kier alpha value is -2.77. The van der Waals surface area contributed by atoms with Gasteiger partial charge in [-0.05, 0) is 37.0 Å². The summed E-state index contributed by atoms with van der Waals surface area (Å²) in [5, 5.41) is 11.7. The standard InChI is InChI=1S/C21H30N6O2/c1-2-20-25-24-16-27(20)12-9-23-21(26-10-3-4-11-26)22-8-7-17-5-6-18-19(15-17)29-14-13-28-18/h5-6,15-16H,2-4,7-14H2,1H3,(H,22,23). The highest BCUT2D eigenvalue weighted by Gasteiger charge is 2.16. The van der Waals surface area contributed by atoms with Crippen molar-refractivity contribution >= 4 is 5.96 Å². The summed E-state index contributed by atoms with van der Waals surface area (Å²) in [4.78, 5) is 7.25. The second kappa shape index (κ2) is 9.62. The van der Waals surface area contributed by atoms with Crippen molar-refractivity contribution in [2.24, 2.45) is 4.99 Å². The zero-order valence-electron chi connectivity index (χ0n) is 17.1. The largest absolute Gasteiger partial charge is 0.486 e. The van der Waals surface area contributed by atoms with Gasteiger partial charge in [0.25, 0.3) is 0 Å². The van der Waals surface area contributed by atoms with Crippen LogP contribution in [0.1, 0.15) is 31.2 Å². The van der Waals surface area contributed by atoms with Gasteiger partial charge in [0, 0.05) is 39.1 Å². The highest BCUT2D eigenvalue weighted by atomic mass is 16.6. The Bertz CT molecular complexity index is 828. The predicted molar refractivity (Wildman–Crippen MR) is 112 cm³/mol. The fourth-order valence-electron chi connectivity index (χ4n) is 3.76. The number of likely N-dealkylation sites (tertiary alicyclic amines) is 1. The van der Waals surface area contributed by atoms with Crippen LogP contribution in [0, 0.1) is 0 Å². The van der Waals surface area contributed by atoms with Crippen molar-refractivity contribution in [3.8, 4) is 11.5 Å². The van der Waals surface area contributed by atoms with Crippen molar-refractivity contribution in [2.45, 2.75) is 39.2 Å². The van der Waals surface area contributed by atoms with Crippen LogP contribution in [-0.4, -0.2) is 65.0 Å². The molecule has 1 N–H and O–H groups in total. The number of nitrogens with zero attached hydrogens (tertiary/aromatic N) is 5. The van der Waals surface area contributed by atoms with Crippen molar-refractivity contribution in [1.29, 1.82) is 0 Å². The molecule has 2 aliphatic heterocycles. The molecular weight excluding hydrogens is 368 g/mol. The molecule has 0 amide bonds. The molecule has 4 rings (SSSR count). The molecule has 0 aliphatic carbocycles. The minimum Gasteiger partial charge on any atom is -0.486 e. The van der Waals surface area contributed by atoms with Crippen molar-refractivity contribution < 1.29 is 9.47 Å². The maximum absolute atomic E-state index is 5.69. The number of hydrogen-bond acceptors (Lipinski definition) is 5. The van der Waals surface area contributed by atoms with E-state index in [2.05, 4.69) is 44.0 Å². The number of fused-ring (bicyclic) bond motifs is 1. The van der Waals surface area contributed by atoms with Crippen molar-refractivity contribution in [3.63, 3.8) is 0 Å². The fraction of sp³-hybridized carbons (Fsp3) is 0.571. The van der Waals surface area contributed by atoms with E-state index < -0.39 is 0 Å². The zero-order valence-corrected chi connectivity index (χ0v) is 17.1. The number of aliphatic imine (C=N–C) groups is 1. The van der Waals surface area contributed by atoms with Crippen LogP contribution in [0.25, 0.3) is 0 Å². The van der Waals surface area contributed by atoms with Crippen LogP contribution in [0.4, 0.5) is 0 Å². The third-order valence-corrected chi connectivity index (χ3v) is 5.32. The normalized spacial score (nSPS) is 16.3. The number of hydrogen-bond donors (Lipinski definition) is 1. The van der Waals surface area contributed by atoms with Gasteiger partial charge in [0.05, 0.1) is 0 Å². The zero-order chi connectivity index (χ0) is 19.9. The average molecular weight is 399 g/mol. The smallest absolute Gasteiger partial charge is 0.193 e. The lowest BCUT2D eigenvalue weighted by molar-refractivity contribution is 0.171. The van der Waals surface area contributed by atoms with Gasteiger partial charge in [-0.25, -0.2) is 0 Å². The molecular formula is C21H30N6O2. The van der Waals surface area contributed by atoms with E-state index >= 15 is 0 Å². The SMILES string of the molecule is CCc1nncn1CCNC(=NCCc1ccc2c(c1)OCCO2)N1CCCC1. The molecule has 8 nitrogen and oxygen atoms in total. The lowest BCUT2D eigenvalue weighted by atomic mass is 10.1. The molecule has 1 fully saturated rings. The Morgan fingerprint density at radius 3 is 2.83 bits per heavy atom. The van der Waals surface area contributed by atoms with Crippen LogP contribution in [0.2, 0.25) is 0 Å². The van der Waals surface area contributed by atoms with Gasteiger partial charge in [0.2, 0.25) is 0 Å².